The smallest absolute Gasteiger partial charge is 0.101 e. The molecule has 0 unspecified atom stereocenters. The van der Waals surface area contributed by atoms with Gasteiger partial charge in [-0.25, -0.2) is 0 Å². The number of hydrogen-bond acceptors (Lipinski definition) is 3. The second kappa shape index (κ2) is 7.06. The number of fused-ring (bicyclic) bond motifs is 6. The summed E-state index contributed by atoms with van der Waals surface area (Å²) in [5.74, 6) is 3.67. The standard InChI is InChI=1S/C27H44O3/c1-16(7-5-12-25(2,3)30)18-9-11-21-26(18,4)13-6-14-27(21)19-15-17-8-10-20(28)24(29)22(17)23(19)27/h16,18-21,23-24,28-30H,5-15H2,1-4H3/t16-,18-,19-,20-,21-,23-,24+,26-,27-/m1/s1. The summed E-state index contributed by atoms with van der Waals surface area (Å²) in [6.07, 6.45) is 11.9. The summed E-state index contributed by atoms with van der Waals surface area (Å²) in [5, 5.41) is 31.3. The molecule has 0 amide bonds. The third-order valence-corrected chi connectivity index (χ3v) is 10.7. The van der Waals surface area contributed by atoms with E-state index in [1.165, 1.54) is 56.1 Å². The van der Waals surface area contributed by atoms with Crippen LogP contribution in [0.15, 0.2) is 11.1 Å². The fourth-order valence-corrected chi connectivity index (χ4v) is 9.55. The molecule has 5 aliphatic carbocycles. The van der Waals surface area contributed by atoms with Gasteiger partial charge in [0.15, 0.2) is 0 Å². The summed E-state index contributed by atoms with van der Waals surface area (Å²) < 4.78 is 0. The molecule has 30 heavy (non-hydrogen) atoms. The first kappa shape index (κ1) is 21.5. The normalized spacial score (nSPS) is 48.5. The Balaban J connectivity index is 1.33. The molecule has 9 atom stereocenters. The minimum atomic E-state index is -0.589. The molecular formula is C27H44O3. The molecule has 3 fully saturated rings. The van der Waals surface area contributed by atoms with Gasteiger partial charge in [-0.15, -0.1) is 0 Å². The van der Waals surface area contributed by atoms with Crippen LogP contribution in [0.4, 0.5) is 0 Å². The highest BCUT2D eigenvalue weighted by Crippen LogP contribution is 2.82. The second-order valence-electron chi connectivity index (χ2n) is 12.8. The molecule has 0 heterocycles. The summed E-state index contributed by atoms with van der Waals surface area (Å²) >= 11 is 0. The zero-order valence-electron chi connectivity index (χ0n) is 19.7. The SMILES string of the molecule is C[C@H](CCCC(C)(C)O)[C@H]1CC[C@@H]2[C@]1(C)CCC[C@@]21[C@@H]2CC3=C([C@@H](O)[C@H](O)CC3)[C@@H]21. The van der Waals surface area contributed by atoms with Gasteiger partial charge in [0, 0.05) is 0 Å². The van der Waals surface area contributed by atoms with Gasteiger partial charge in [0.25, 0.3) is 0 Å². The number of rotatable bonds is 5. The molecule has 0 bridgehead atoms. The van der Waals surface area contributed by atoms with Gasteiger partial charge in [-0.3, -0.25) is 0 Å². The fourth-order valence-electron chi connectivity index (χ4n) is 9.55. The minimum absolute atomic E-state index is 0.436. The third kappa shape index (κ3) is 3.01. The molecule has 0 aromatic rings. The highest BCUT2D eigenvalue weighted by molar-refractivity contribution is 5.44. The van der Waals surface area contributed by atoms with Crippen LogP contribution in [0, 0.1) is 40.4 Å². The highest BCUT2D eigenvalue weighted by Gasteiger charge is 2.76. The summed E-state index contributed by atoms with van der Waals surface area (Å²) in [6.45, 7) is 8.94. The minimum Gasteiger partial charge on any atom is -0.390 e. The van der Waals surface area contributed by atoms with Crippen molar-refractivity contribution < 1.29 is 15.3 Å². The van der Waals surface area contributed by atoms with Crippen LogP contribution in [0.3, 0.4) is 0 Å². The molecular weight excluding hydrogens is 372 g/mol. The lowest BCUT2D eigenvalue weighted by atomic mass is 9.55. The van der Waals surface area contributed by atoms with Crippen LogP contribution in [0.25, 0.3) is 0 Å². The Bertz CT molecular complexity index is 720. The van der Waals surface area contributed by atoms with E-state index in [9.17, 15) is 15.3 Å². The van der Waals surface area contributed by atoms with Crippen LogP contribution in [0.2, 0.25) is 0 Å². The molecule has 0 aromatic heterocycles. The Morgan fingerprint density at radius 3 is 2.63 bits per heavy atom. The number of allylic oxidation sites excluding steroid dienone is 1. The number of hydrogen-bond donors (Lipinski definition) is 3. The van der Waals surface area contributed by atoms with Crippen molar-refractivity contribution in [3.05, 3.63) is 11.1 Å². The van der Waals surface area contributed by atoms with Gasteiger partial charge in [-0.2, -0.15) is 0 Å². The first-order valence-electron chi connectivity index (χ1n) is 12.9. The summed E-state index contributed by atoms with van der Waals surface area (Å²) in [7, 11) is 0. The van der Waals surface area contributed by atoms with E-state index in [0.717, 1.165) is 49.4 Å². The van der Waals surface area contributed by atoms with Gasteiger partial charge in [0.2, 0.25) is 0 Å². The Morgan fingerprint density at radius 1 is 1.13 bits per heavy atom. The molecule has 3 heteroatoms. The molecule has 0 aliphatic heterocycles. The van der Waals surface area contributed by atoms with Crippen molar-refractivity contribution >= 4 is 0 Å². The molecule has 3 nitrogen and oxygen atoms in total. The van der Waals surface area contributed by atoms with Crippen molar-refractivity contribution in [2.45, 2.75) is 116 Å². The van der Waals surface area contributed by atoms with Crippen LogP contribution < -0.4 is 0 Å². The van der Waals surface area contributed by atoms with E-state index in [4.69, 9.17) is 0 Å². The van der Waals surface area contributed by atoms with Gasteiger partial charge < -0.3 is 15.3 Å². The zero-order chi connectivity index (χ0) is 21.5. The number of aliphatic hydroxyl groups is 3. The van der Waals surface area contributed by atoms with Gasteiger partial charge in [0.1, 0.15) is 6.10 Å². The fraction of sp³-hybridized carbons (Fsp3) is 0.926. The maximum atomic E-state index is 10.8. The second-order valence-corrected chi connectivity index (χ2v) is 12.8. The van der Waals surface area contributed by atoms with E-state index >= 15 is 0 Å². The van der Waals surface area contributed by atoms with E-state index < -0.39 is 17.8 Å². The van der Waals surface area contributed by atoms with Crippen LogP contribution in [0.5, 0.6) is 0 Å². The van der Waals surface area contributed by atoms with E-state index in [1.807, 2.05) is 13.8 Å². The average Bonchev–Trinajstić information content (AvgIpc) is 2.97. The van der Waals surface area contributed by atoms with Crippen molar-refractivity contribution in [2.75, 3.05) is 0 Å². The van der Waals surface area contributed by atoms with E-state index in [0.29, 0.717) is 16.7 Å². The summed E-state index contributed by atoms with van der Waals surface area (Å²) in [5.41, 5.74) is 3.14. The lowest BCUT2D eigenvalue weighted by molar-refractivity contribution is -0.00539. The molecule has 0 saturated heterocycles. The lowest BCUT2D eigenvalue weighted by Gasteiger charge is -2.49. The van der Waals surface area contributed by atoms with E-state index in [-0.39, 0.29) is 0 Å². The Morgan fingerprint density at radius 2 is 1.90 bits per heavy atom. The molecule has 0 radical (unpaired) electrons. The van der Waals surface area contributed by atoms with Crippen molar-refractivity contribution in [1.29, 1.82) is 0 Å². The Kier molecular flexibility index (Phi) is 5.05. The predicted octanol–water partition coefficient (Wildman–Crippen LogP) is 5.23. The Labute approximate surface area is 183 Å². The van der Waals surface area contributed by atoms with Crippen molar-refractivity contribution in [2.24, 2.45) is 40.4 Å². The molecule has 5 rings (SSSR count). The molecule has 5 aliphatic rings. The Hall–Kier alpha value is -0.380. The molecule has 170 valence electrons. The largest absolute Gasteiger partial charge is 0.390 e. The highest BCUT2D eigenvalue weighted by atomic mass is 16.3. The van der Waals surface area contributed by atoms with Gasteiger partial charge >= 0.3 is 0 Å². The van der Waals surface area contributed by atoms with Crippen LogP contribution in [-0.4, -0.2) is 33.1 Å². The maximum absolute atomic E-state index is 10.8. The van der Waals surface area contributed by atoms with E-state index in [2.05, 4.69) is 13.8 Å². The van der Waals surface area contributed by atoms with Crippen LogP contribution >= 0.6 is 0 Å². The van der Waals surface area contributed by atoms with Crippen molar-refractivity contribution in [3.8, 4) is 0 Å². The zero-order valence-corrected chi connectivity index (χ0v) is 19.7. The monoisotopic (exact) mass is 416 g/mol. The molecule has 3 N–H and O–H groups in total. The quantitative estimate of drug-likeness (QED) is 0.538. The molecule has 0 aromatic carbocycles. The van der Waals surface area contributed by atoms with Gasteiger partial charge in [0.05, 0.1) is 11.7 Å². The van der Waals surface area contributed by atoms with E-state index in [1.54, 1.807) is 0 Å². The van der Waals surface area contributed by atoms with Crippen LogP contribution in [-0.2, 0) is 0 Å². The summed E-state index contributed by atoms with van der Waals surface area (Å²) in [4.78, 5) is 0. The van der Waals surface area contributed by atoms with Gasteiger partial charge in [-0.05, 0) is 111 Å². The first-order chi connectivity index (χ1) is 14.1. The third-order valence-electron chi connectivity index (χ3n) is 10.7. The first-order valence-corrected chi connectivity index (χ1v) is 12.9. The number of aliphatic hydroxyl groups excluding tert-OH is 2. The van der Waals surface area contributed by atoms with Gasteiger partial charge in [-0.1, -0.05) is 38.7 Å². The maximum Gasteiger partial charge on any atom is 0.101 e. The summed E-state index contributed by atoms with van der Waals surface area (Å²) in [6, 6.07) is 0. The van der Waals surface area contributed by atoms with Crippen molar-refractivity contribution in [3.63, 3.8) is 0 Å². The topological polar surface area (TPSA) is 60.7 Å². The predicted molar refractivity (Wildman–Crippen MR) is 120 cm³/mol. The molecule has 1 spiro atoms. The molecule has 3 saturated carbocycles. The lowest BCUT2D eigenvalue weighted by Crippen LogP contribution is -2.43. The van der Waals surface area contributed by atoms with Crippen LogP contribution in [0.1, 0.15) is 98.3 Å². The van der Waals surface area contributed by atoms with Crippen molar-refractivity contribution in [1.82, 2.24) is 0 Å². The average molecular weight is 417 g/mol.